The van der Waals surface area contributed by atoms with Crippen LogP contribution in [0, 0.1) is 12.7 Å². The van der Waals surface area contributed by atoms with E-state index in [2.05, 4.69) is 4.98 Å². The summed E-state index contributed by atoms with van der Waals surface area (Å²) >= 11 is 1.53. The molecule has 5 heteroatoms. The van der Waals surface area contributed by atoms with Gasteiger partial charge in [0, 0.05) is 5.38 Å². The van der Waals surface area contributed by atoms with Gasteiger partial charge in [-0.3, -0.25) is 0 Å². The van der Waals surface area contributed by atoms with Crippen molar-refractivity contribution in [2.45, 2.75) is 26.6 Å². The highest BCUT2D eigenvalue weighted by atomic mass is 32.1. The minimum Gasteiger partial charge on any atom is -0.484 e. The van der Waals surface area contributed by atoms with Crippen molar-refractivity contribution >= 4 is 11.3 Å². The fourth-order valence-electron chi connectivity index (χ4n) is 1.52. The van der Waals surface area contributed by atoms with Gasteiger partial charge in [0.1, 0.15) is 6.61 Å². The number of benzene rings is 1. The number of aliphatic hydroxyl groups excluding tert-OH is 1. The van der Waals surface area contributed by atoms with E-state index in [0.29, 0.717) is 5.56 Å². The first-order chi connectivity index (χ1) is 8.56. The average molecular weight is 267 g/mol. The van der Waals surface area contributed by atoms with Crippen molar-refractivity contribution in [1.29, 1.82) is 0 Å². The minimum absolute atomic E-state index is 0.171. The molecule has 96 valence electrons. The number of aromatic nitrogens is 1. The average Bonchev–Trinajstić information content (AvgIpc) is 2.73. The van der Waals surface area contributed by atoms with Crippen LogP contribution in [0.3, 0.4) is 0 Å². The molecule has 0 aliphatic heterocycles. The first kappa shape index (κ1) is 13.0. The quantitative estimate of drug-likeness (QED) is 0.924. The van der Waals surface area contributed by atoms with Crippen LogP contribution >= 0.6 is 11.3 Å². The molecular weight excluding hydrogens is 253 g/mol. The molecule has 2 aromatic rings. The second-order valence-electron chi connectivity index (χ2n) is 4.01. The first-order valence-corrected chi connectivity index (χ1v) is 6.45. The highest BCUT2D eigenvalue weighted by Gasteiger charge is 2.08. The topological polar surface area (TPSA) is 42.4 Å². The van der Waals surface area contributed by atoms with E-state index in [9.17, 15) is 9.50 Å². The maximum Gasteiger partial charge on any atom is 0.165 e. The van der Waals surface area contributed by atoms with Gasteiger partial charge in [-0.2, -0.15) is 0 Å². The van der Waals surface area contributed by atoms with E-state index in [-0.39, 0.29) is 12.4 Å². The molecule has 0 radical (unpaired) electrons. The van der Waals surface area contributed by atoms with Crippen molar-refractivity contribution in [2.75, 3.05) is 0 Å². The normalized spacial score (nSPS) is 12.4. The fraction of sp³-hybridized carbons (Fsp3) is 0.308. The lowest BCUT2D eigenvalue weighted by Gasteiger charge is -2.09. The minimum atomic E-state index is -0.685. The summed E-state index contributed by atoms with van der Waals surface area (Å²) in [5, 5.41) is 12.2. The van der Waals surface area contributed by atoms with Crippen molar-refractivity contribution in [3.8, 4) is 5.75 Å². The zero-order chi connectivity index (χ0) is 13.1. The van der Waals surface area contributed by atoms with Gasteiger partial charge in [-0.05, 0) is 31.5 Å². The Hall–Kier alpha value is -1.46. The van der Waals surface area contributed by atoms with Crippen LogP contribution < -0.4 is 4.74 Å². The summed E-state index contributed by atoms with van der Waals surface area (Å²) in [5.74, 6) is -0.301. The summed E-state index contributed by atoms with van der Waals surface area (Å²) in [4.78, 5) is 4.23. The predicted octanol–water partition coefficient (Wildman–Crippen LogP) is 3.22. The molecule has 0 fully saturated rings. The van der Waals surface area contributed by atoms with E-state index in [0.717, 1.165) is 10.7 Å². The Morgan fingerprint density at radius 3 is 2.83 bits per heavy atom. The Labute approximate surface area is 109 Å². The monoisotopic (exact) mass is 267 g/mol. The summed E-state index contributed by atoms with van der Waals surface area (Å²) < 4.78 is 19.0. The van der Waals surface area contributed by atoms with Gasteiger partial charge in [-0.25, -0.2) is 9.37 Å². The Kier molecular flexibility index (Phi) is 3.93. The highest BCUT2D eigenvalue weighted by molar-refractivity contribution is 7.09. The molecule has 1 aromatic heterocycles. The molecule has 1 aromatic carbocycles. The number of ether oxygens (including phenoxy) is 1. The van der Waals surface area contributed by atoms with Gasteiger partial charge in [0.25, 0.3) is 0 Å². The predicted molar refractivity (Wildman–Crippen MR) is 68.2 cm³/mol. The van der Waals surface area contributed by atoms with E-state index >= 15 is 0 Å². The van der Waals surface area contributed by atoms with Crippen molar-refractivity contribution < 1.29 is 14.2 Å². The molecule has 0 bridgehead atoms. The third-order valence-corrected chi connectivity index (χ3v) is 3.30. The van der Waals surface area contributed by atoms with E-state index < -0.39 is 11.9 Å². The number of halogens is 1. The van der Waals surface area contributed by atoms with Crippen LogP contribution in [0.4, 0.5) is 4.39 Å². The summed E-state index contributed by atoms with van der Waals surface area (Å²) in [6.07, 6.45) is -0.685. The third-order valence-electron chi connectivity index (χ3n) is 2.48. The lowest BCUT2D eigenvalue weighted by atomic mass is 10.1. The molecule has 1 unspecified atom stereocenters. The summed E-state index contributed by atoms with van der Waals surface area (Å²) in [6.45, 7) is 3.74. The smallest absolute Gasteiger partial charge is 0.165 e. The molecule has 18 heavy (non-hydrogen) atoms. The molecular formula is C13H14FNO2S. The van der Waals surface area contributed by atoms with Crippen LogP contribution in [0.25, 0.3) is 0 Å². The van der Waals surface area contributed by atoms with Crippen molar-refractivity contribution in [3.63, 3.8) is 0 Å². The molecule has 1 heterocycles. The van der Waals surface area contributed by atoms with Gasteiger partial charge >= 0.3 is 0 Å². The maximum absolute atomic E-state index is 13.7. The lowest BCUT2D eigenvalue weighted by Crippen LogP contribution is -1.99. The largest absolute Gasteiger partial charge is 0.484 e. The zero-order valence-electron chi connectivity index (χ0n) is 10.2. The Morgan fingerprint density at radius 2 is 2.28 bits per heavy atom. The van der Waals surface area contributed by atoms with Gasteiger partial charge in [0.05, 0.1) is 16.8 Å². The van der Waals surface area contributed by atoms with Crippen LogP contribution in [0.1, 0.15) is 29.3 Å². The van der Waals surface area contributed by atoms with Crippen LogP contribution in [0.15, 0.2) is 23.6 Å². The lowest BCUT2D eigenvalue weighted by molar-refractivity contribution is 0.198. The molecule has 0 saturated carbocycles. The number of hydrogen-bond acceptors (Lipinski definition) is 4. The Morgan fingerprint density at radius 1 is 1.50 bits per heavy atom. The second kappa shape index (κ2) is 5.46. The summed E-state index contributed by atoms with van der Waals surface area (Å²) in [6, 6.07) is 4.46. The summed E-state index contributed by atoms with van der Waals surface area (Å²) in [5.41, 5.74) is 1.32. The van der Waals surface area contributed by atoms with Gasteiger partial charge in [0.15, 0.2) is 11.6 Å². The fourth-order valence-corrected chi connectivity index (χ4v) is 2.12. The third kappa shape index (κ3) is 3.05. The molecule has 1 N–H and O–H groups in total. The zero-order valence-corrected chi connectivity index (χ0v) is 11.0. The van der Waals surface area contributed by atoms with E-state index in [1.54, 1.807) is 13.0 Å². The number of aryl methyl sites for hydroxylation is 1. The van der Waals surface area contributed by atoms with Crippen LogP contribution in [-0.2, 0) is 6.61 Å². The number of aliphatic hydroxyl groups is 1. The first-order valence-electron chi connectivity index (χ1n) is 5.57. The van der Waals surface area contributed by atoms with Gasteiger partial charge in [-0.15, -0.1) is 11.3 Å². The molecule has 3 nitrogen and oxygen atoms in total. The van der Waals surface area contributed by atoms with E-state index in [4.69, 9.17) is 4.74 Å². The number of thiazole rings is 1. The molecule has 0 aliphatic carbocycles. The standard InChI is InChI=1S/C13H14FNO2S/c1-8(16)10-3-4-13(12(14)5-10)17-6-11-7-18-9(2)15-11/h3-5,7-8,16H,6H2,1-2H3. The van der Waals surface area contributed by atoms with Gasteiger partial charge in [-0.1, -0.05) is 6.07 Å². The number of nitrogens with zero attached hydrogens (tertiary/aromatic N) is 1. The maximum atomic E-state index is 13.7. The molecule has 1 atom stereocenters. The Balaban J connectivity index is 2.05. The van der Waals surface area contributed by atoms with Crippen molar-refractivity contribution in [2.24, 2.45) is 0 Å². The molecule has 0 aliphatic rings. The van der Waals surface area contributed by atoms with Crippen molar-refractivity contribution in [3.05, 3.63) is 45.7 Å². The van der Waals surface area contributed by atoms with Gasteiger partial charge in [0.2, 0.25) is 0 Å². The van der Waals surface area contributed by atoms with Crippen LogP contribution in [0.2, 0.25) is 0 Å². The summed E-state index contributed by atoms with van der Waals surface area (Å²) in [7, 11) is 0. The van der Waals surface area contributed by atoms with Crippen molar-refractivity contribution in [1.82, 2.24) is 4.98 Å². The van der Waals surface area contributed by atoms with E-state index in [1.165, 1.54) is 23.5 Å². The molecule has 0 amide bonds. The van der Waals surface area contributed by atoms with Gasteiger partial charge < -0.3 is 9.84 Å². The number of rotatable bonds is 4. The Bertz CT molecular complexity index is 540. The molecule has 0 saturated heterocycles. The molecule has 0 spiro atoms. The second-order valence-corrected chi connectivity index (χ2v) is 5.07. The molecule has 2 rings (SSSR count). The SMILES string of the molecule is Cc1nc(COc2ccc(C(C)O)cc2F)cs1. The highest BCUT2D eigenvalue weighted by Crippen LogP contribution is 2.23. The van der Waals surface area contributed by atoms with Crippen LogP contribution in [0.5, 0.6) is 5.75 Å². The van der Waals surface area contributed by atoms with E-state index in [1.807, 2.05) is 12.3 Å². The van der Waals surface area contributed by atoms with Crippen LogP contribution in [-0.4, -0.2) is 10.1 Å². The number of hydrogen-bond donors (Lipinski definition) is 1.